The van der Waals surface area contributed by atoms with Crippen LogP contribution in [0.2, 0.25) is 0 Å². The minimum atomic E-state index is -0.565. The Labute approximate surface area is 384 Å². The first-order valence-electron chi connectivity index (χ1n) is 26.1. The number of nitrogens with zero attached hydrogens (tertiary/aromatic N) is 4. The molecule has 310 valence electrons. The zero-order valence-electron chi connectivity index (χ0n) is 46.3. The number of hydrogen-bond acceptors (Lipinski definition) is 2. The van der Waals surface area contributed by atoms with Gasteiger partial charge in [-0.05, 0) is 105 Å². The molecule has 0 saturated heterocycles. The summed E-state index contributed by atoms with van der Waals surface area (Å²) in [4.78, 5) is 4.94. The minimum absolute atomic E-state index is 0.0390. The monoisotopic (exact) mass is 830 g/mol. The van der Waals surface area contributed by atoms with Gasteiger partial charge in [0, 0.05) is 23.0 Å². The second kappa shape index (κ2) is 15.6. The lowest BCUT2D eigenvalue weighted by molar-refractivity contribution is -0.571. The highest BCUT2D eigenvalue weighted by molar-refractivity contribution is 6.09. The van der Waals surface area contributed by atoms with E-state index in [0.29, 0.717) is 28.2 Å². The Balaban J connectivity index is 1.14. The van der Waals surface area contributed by atoms with Gasteiger partial charge in [0.1, 0.15) is 17.3 Å². The van der Waals surface area contributed by atoms with E-state index in [0.717, 1.165) is 27.6 Å². The van der Waals surface area contributed by atoms with Crippen LogP contribution in [0.4, 0.5) is 0 Å². The van der Waals surface area contributed by atoms with Crippen molar-refractivity contribution in [3.8, 4) is 50.9 Å². The van der Waals surface area contributed by atoms with Crippen molar-refractivity contribution in [1.82, 2.24) is 14.1 Å². The molecule has 0 N–H and O–H groups in total. The molecule has 0 spiro atoms. The molecule has 0 aliphatic heterocycles. The number of benzene rings is 7. The SMILES string of the molecule is [2H]c1c([2H])c([2H])c(-c2cccc(-c3c([2H])c([2H])c([2H])c([2H])c3[2H])c2-[n+]2[c-]n(-c3cccc(Oc4ccc5c6cc(C(C)(C)C)ccc6n(-c6cc(C(C)C(C)(C)C)ccn6)c5c4)c3)c3ccccc32)c([2H])c1[2H]. The Morgan fingerprint density at radius 2 is 1.32 bits per heavy atom. The molecular weight excluding hydrogens is 769 g/mol. The molecule has 0 fully saturated rings. The molecule has 0 amide bonds. The Morgan fingerprint density at radius 3 is 2.02 bits per heavy atom. The molecule has 10 aromatic rings. The maximum absolute atomic E-state index is 9.03. The van der Waals surface area contributed by atoms with Gasteiger partial charge < -0.3 is 4.74 Å². The molecule has 7 aromatic carbocycles. The van der Waals surface area contributed by atoms with E-state index in [2.05, 4.69) is 95.8 Å². The lowest BCUT2D eigenvalue weighted by atomic mass is 9.78. The summed E-state index contributed by atoms with van der Waals surface area (Å²) in [5, 5.41) is 2.17. The van der Waals surface area contributed by atoms with Crippen LogP contribution in [-0.2, 0) is 5.41 Å². The Kier molecular flexibility index (Phi) is 7.40. The number of aromatic nitrogens is 4. The molecule has 1 unspecified atom stereocenters. The fraction of sp³-hybridized carbons (Fsp3) is 0.172. The molecule has 0 aliphatic rings. The van der Waals surface area contributed by atoms with Crippen LogP contribution in [-0.4, -0.2) is 14.1 Å². The van der Waals surface area contributed by atoms with Crippen molar-refractivity contribution in [2.75, 3.05) is 0 Å². The van der Waals surface area contributed by atoms with Crippen molar-refractivity contribution in [2.45, 2.75) is 59.8 Å². The second-order valence-corrected chi connectivity index (χ2v) is 18.1. The van der Waals surface area contributed by atoms with Crippen LogP contribution in [0.1, 0.15) is 79.2 Å². The molecule has 1 atom stereocenters. The first kappa shape index (κ1) is 29.9. The molecule has 0 radical (unpaired) electrons. The predicted octanol–water partition coefficient (Wildman–Crippen LogP) is 14.8. The third kappa shape index (κ3) is 7.38. The van der Waals surface area contributed by atoms with Crippen molar-refractivity contribution in [2.24, 2.45) is 5.41 Å². The Morgan fingerprint density at radius 1 is 0.635 bits per heavy atom. The van der Waals surface area contributed by atoms with Gasteiger partial charge in [0.25, 0.3) is 6.33 Å². The molecule has 0 saturated carbocycles. The third-order valence-corrected chi connectivity index (χ3v) is 12.1. The molecule has 63 heavy (non-hydrogen) atoms. The van der Waals surface area contributed by atoms with Crippen LogP contribution in [0.5, 0.6) is 11.5 Å². The van der Waals surface area contributed by atoms with E-state index < -0.39 is 60.4 Å². The van der Waals surface area contributed by atoms with Crippen LogP contribution in [0.3, 0.4) is 0 Å². The molecule has 5 heteroatoms. The number of imidazole rings is 1. The number of pyridine rings is 1. The summed E-state index contributed by atoms with van der Waals surface area (Å²) >= 11 is 0. The highest BCUT2D eigenvalue weighted by Crippen LogP contribution is 2.40. The summed E-state index contributed by atoms with van der Waals surface area (Å²) in [6, 6.07) is 31.5. The topological polar surface area (TPSA) is 35.9 Å². The zero-order valence-corrected chi connectivity index (χ0v) is 36.3. The largest absolute Gasteiger partial charge is 0.458 e. The van der Waals surface area contributed by atoms with Gasteiger partial charge in [0.05, 0.1) is 47.1 Å². The van der Waals surface area contributed by atoms with Crippen LogP contribution in [0.15, 0.2) is 182 Å². The van der Waals surface area contributed by atoms with E-state index in [9.17, 15) is 0 Å². The van der Waals surface area contributed by atoms with E-state index in [4.69, 9.17) is 23.4 Å². The van der Waals surface area contributed by atoms with Crippen LogP contribution >= 0.6 is 0 Å². The first-order chi connectivity index (χ1) is 34.6. The third-order valence-electron chi connectivity index (χ3n) is 12.1. The molecule has 10 rings (SSSR count). The highest BCUT2D eigenvalue weighted by atomic mass is 16.5. The highest BCUT2D eigenvalue weighted by Gasteiger charge is 2.24. The fourth-order valence-electron chi connectivity index (χ4n) is 8.30. The summed E-state index contributed by atoms with van der Waals surface area (Å²) in [5.74, 6) is 2.19. The molecule has 0 bridgehead atoms. The summed E-state index contributed by atoms with van der Waals surface area (Å²) in [6.07, 6.45) is 5.34. The maximum Gasteiger partial charge on any atom is 0.269 e. The lowest BCUT2D eigenvalue weighted by Gasteiger charge is -2.27. The van der Waals surface area contributed by atoms with Gasteiger partial charge >= 0.3 is 0 Å². The Hall–Kier alpha value is -7.24. The van der Waals surface area contributed by atoms with Gasteiger partial charge in [0.2, 0.25) is 0 Å². The van der Waals surface area contributed by atoms with Crippen LogP contribution in [0, 0.1) is 11.7 Å². The van der Waals surface area contributed by atoms with Gasteiger partial charge in [-0.15, -0.1) is 0 Å². The minimum Gasteiger partial charge on any atom is -0.458 e. The maximum atomic E-state index is 9.03. The second-order valence-electron chi connectivity index (χ2n) is 18.1. The van der Waals surface area contributed by atoms with Crippen LogP contribution in [0.25, 0.3) is 72.3 Å². The Bertz CT molecular complexity index is 3760. The summed E-state index contributed by atoms with van der Waals surface area (Å²) in [6.45, 7) is 15.6. The number of para-hydroxylation sites is 3. The summed E-state index contributed by atoms with van der Waals surface area (Å²) in [5.41, 5.74) is 6.45. The van der Waals surface area contributed by atoms with Crippen LogP contribution < -0.4 is 9.30 Å². The quantitative estimate of drug-likeness (QED) is 0.113. The van der Waals surface area contributed by atoms with Gasteiger partial charge in [-0.3, -0.25) is 13.7 Å². The van der Waals surface area contributed by atoms with Gasteiger partial charge in [-0.1, -0.05) is 163 Å². The van der Waals surface area contributed by atoms with Gasteiger partial charge in [-0.25, -0.2) is 4.98 Å². The molecular formula is C58H52N4O. The number of rotatable bonds is 8. The fourth-order valence-corrected chi connectivity index (χ4v) is 8.30. The number of fused-ring (bicyclic) bond motifs is 4. The molecule has 3 heterocycles. The predicted molar refractivity (Wildman–Crippen MR) is 260 cm³/mol. The van der Waals surface area contributed by atoms with E-state index in [1.165, 1.54) is 11.1 Å². The van der Waals surface area contributed by atoms with Crippen molar-refractivity contribution < 1.29 is 23.0 Å². The van der Waals surface area contributed by atoms with Crippen molar-refractivity contribution in [3.63, 3.8) is 0 Å². The number of ether oxygens (including phenoxy) is 1. The number of hydrogen-bond donors (Lipinski definition) is 0. The van der Waals surface area contributed by atoms with E-state index in [1.807, 2.05) is 66.9 Å². The van der Waals surface area contributed by atoms with Crippen molar-refractivity contribution in [1.29, 1.82) is 0 Å². The normalized spacial score (nSPS) is 14.8. The van der Waals surface area contributed by atoms with E-state index in [1.54, 1.807) is 27.3 Å². The van der Waals surface area contributed by atoms with Crippen molar-refractivity contribution in [3.05, 3.63) is 199 Å². The van der Waals surface area contributed by atoms with Gasteiger partial charge in [-0.2, -0.15) is 0 Å². The van der Waals surface area contributed by atoms with E-state index in [-0.39, 0.29) is 44.7 Å². The average molecular weight is 831 g/mol. The van der Waals surface area contributed by atoms with Gasteiger partial charge in [0.15, 0.2) is 0 Å². The summed E-state index contributed by atoms with van der Waals surface area (Å²) in [7, 11) is 0. The standard InChI is InChI=1S/C58H52N4O/c1-39(57(2,3)4)42-32-33-59-55(34-42)62-51-31-28-43(58(5,6)7)35-50(51)49-30-29-46(37-54(49)62)63-45-23-16-22-44(36-45)60-38-61(53-27-15-14-26-52(53)60)56-47(40-18-10-8-11-19-40)24-17-25-48(56)41-20-12-9-13-21-41/h8-37,39H,1-7H3/i8D,9D,10D,11D,12D,13D,18D,19D,20D,21D. The lowest BCUT2D eigenvalue weighted by Crippen LogP contribution is -2.31. The first-order valence-corrected chi connectivity index (χ1v) is 21.1. The zero-order chi connectivity index (χ0) is 52.2. The van der Waals surface area contributed by atoms with E-state index >= 15 is 0 Å². The average Bonchev–Trinajstić information content (AvgIpc) is 3.91. The summed E-state index contributed by atoms with van der Waals surface area (Å²) < 4.78 is 99.6. The molecule has 5 nitrogen and oxygen atoms in total. The van der Waals surface area contributed by atoms with Crippen molar-refractivity contribution >= 4 is 32.8 Å². The molecule has 3 aromatic heterocycles. The smallest absolute Gasteiger partial charge is 0.269 e. The molecule has 0 aliphatic carbocycles.